The summed E-state index contributed by atoms with van der Waals surface area (Å²) in [5.74, 6) is 0.185. The highest BCUT2D eigenvalue weighted by molar-refractivity contribution is 7.92. The van der Waals surface area contributed by atoms with Crippen LogP contribution < -0.4 is 24.4 Å². The molecule has 4 aromatic rings. The van der Waals surface area contributed by atoms with Gasteiger partial charge in [-0.15, -0.1) is 0 Å². The number of ether oxygens (including phenoxy) is 3. The van der Waals surface area contributed by atoms with Crippen molar-refractivity contribution in [3.8, 4) is 17.2 Å². The average molecular weight is 588 g/mol. The first-order chi connectivity index (χ1) is 20.3. The highest BCUT2D eigenvalue weighted by Gasteiger charge is 2.15. The zero-order chi connectivity index (χ0) is 30.0. The van der Waals surface area contributed by atoms with Gasteiger partial charge in [0.15, 0.2) is 11.5 Å². The topological polar surface area (TPSA) is 132 Å². The molecule has 216 valence electrons. The second-order valence-corrected chi connectivity index (χ2v) is 10.4. The van der Waals surface area contributed by atoms with Crippen LogP contribution in [0.25, 0.3) is 0 Å². The van der Waals surface area contributed by atoms with E-state index in [-0.39, 0.29) is 16.2 Å². The number of sulfonamides is 1. The number of carbonyl (C=O) groups is 2. The molecule has 1 amide bonds. The average Bonchev–Trinajstić information content (AvgIpc) is 2.99. The van der Waals surface area contributed by atoms with Crippen LogP contribution in [-0.4, -0.2) is 39.7 Å². The Hall–Kier alpha value is -5.16. The Morgan fingerprint density at radius 2 is 1.45 bits per heavy atom. The van der Waals surface area contributed by atoms with Crippen molar-refractivity contribution in [2.24, 2.45) is 5.10 Å². The van der Waals surface area contributed by atoms with Crippen LogP contribution in [0.4, 0.5) is 5.69 Å². The molecule has 0 atom stereocenters. The fourth-order valence-electron chi connectivity index (χ4n) is 3.70. The number of rotatable bonds is 12. The third kappa shape index (κ3) is 7.95. The SMILES string of the molecule is CCOc1ccc(C(=O)Oc2ccc(/C=N\NC(=O)c3ccc(NS(=O)(=O)c4ccccc4)cc3)cc2OCC)cc1. The summed E-state index contributed by atoms with van der Waals surface area (Å²) in [6.07, 6.45) is 1.42. The van der Waals surface area contributed by atoms with E-state index in [0.29, 0.717) is 41.5 Å². The first kappa shape index (κ1) is 29.8. The molecule has 0 saturated carbocycles. The van der Waals surface area contributed by atoms with Crippen LogP contribution in [-0.2, 0) is 10.0 Å². The summed E-state index contributed by atoms with van der Waals surface area (Å²) in [4.78, 5) is 25.3. The predicted octanol–water partition coefficient (Wildman–Crippen LogP) is 5.27. The predicted molar refractivity (Wildman–Crippen MR) is 159 cm³/mol. The summed E-state index contributed by atoms with van der Waals surface area (Å²) >= 11 is 0. The van der Waals surface area contributed by atoms with Crippen LogP contribution >= 0.6 is 0 Å². The van der Waals surface area contributed by atoms with E-state index >= 15 is 0 Å². The van der Waals surface area contributed by atoms with Crippen molar-refractivity contribution in [3.05, 3.63) is 114 Å². The molecule has 0 heterocycles. The van der Waals surface area contributed by atoms with Gasteiger partial charge in [0.2, 0.25) is 0 Å². The van der Waals surface area contributed by atoms with Crippen LogP contribution in [0.1, 0.15) is 40.1 Å². The zero-order valence-corrected chi connectivity index (χ0v) is 23.8. The minimum Gasteiger partial charge on any atom is -0.494 e. The van der Waals surface area contributed by atoms with Gasteiger partial charge < -0.3 is 14.2 Å². The van der Waals surface area contributed by atoms with Gasteiger partial charge in [-0.2, -0.15) is 5.10 Å². The molecule has 10 nitrogen and oxygen atoms in total. The molecule has 0 unspecified atom stereocenters. The van der Waals surface area contributed by atoms with Gasteiger partial charge >= 0.3 is 5.97 Å². The van der Waals surface area contributed by atoms with Gasteiger partial charge in [-0.3, -0.25) is 9.52 Å². The molecule has 0 saturated heterocycles. The number of benzene rings is 4. The molecule has 4 rings (SSSR count). The minimum absolute atomic E-state index is 0.132. The Morgan fingerprint density at radius 3 is 2.12 bits per heavy atom. The molecule has 4 aromatic carbocycles. The molecule has 0 fully saturated rings. The largest absolute Gasteiger partial charge is 0.494 e. The molecule has 42 heavy (non-hydrogen) atoms. The molecule has 0 bridgehead atoms. The van der Waals surface area contributed by atoms with Gasteiger partial charge in [-0.1, -0.05) is 18.2 Å². The van der Waals surface area contributed by atoms with Crippen molar-refractivity contribution >= 4 is 33.8 Å². The highest BCUT2D eigenvalue weighted by atomic mass is 32.2. The van der Waals surface area contributed by atoms with E-state index in [1.807, 2.05) is 6.92 Å². The number of amides is 1. The summed E-state index contributed by atoms with van der Waals surface area (Å²) in [6, 6.07) is 25.4. The first-order valence-electron chi connectivity index (χ1n) is 13.0. The van der Waals surface area contributed by atoms with E-state index in [2.05, 4.69) is 15.2 Å². The van der Waals surface area contributed by atoms with E-state index in [1.54, 1.807) is 67.6 Å². The number of hydrogen-bond acceptors (Lipinski definition) is 8. The van der Waals surface area contributed by atoms with Crippen molar-refractivity contribution in [3.63, 3.8) is 0 Å². The molecule has 2 N–H and O–H groups in total. The maximum absolute atomic E-state index is 12.6. The van der Waals surface area contributed by atoms with Crippen molar-refractivity contribution in [2.75, 3.05) is 17.9 Å². The third-order valence-corrected chi connectivity index (χ3v) is 7.10. The molecule has 0 aliphatic rings. The lowest BCUT2D eigenvalue weighted by molar-refractivity contribution is 0.0728. The Morgan fingerprint density at radius 1 is 0.786 bits per heavy atom. The monoisotopic (exact) mass is 587 g/mol. The van der Waals surface area contributed by atoms with Crippen LogP contribution in [0.2, 0.25) is 0 Å². The van der Waals surface area contributed by atoms with Crippen LogP contribution in [0.3, 0.4) is 0 Å². The molecule has 0 aromatic heterocycles. The van der Waals surface area contributed by atoms with Gasteiger partial charge in [0.1, 0.15) is 5.75 Å². The smallest absolute Gasteiger partial charge is 0.343 e. The molecular formula is C31H29N3O7S. The summed E-state index contributed by atoms with van der Waals surface area (Å²) in [5.41, 5.74) is 3.97. The van der Waals surface area contributed by atoms with E-state index < -0.39 is 21.9 Å². The Balaban J connectivity index is 1.36. The molecule has 0 radical (unpaired) electrons. The molecule has 11 heteroatoms. The van der Waals surface area contributed by atoms with Gasteiger partial charge in [-0.25, -0.2) is 18.6 Å². The third-order valence-electron chi connectivity index (χ3n) is 5.70. The number of hydrazone groups is 1. The Labute approximate surface area is 244 Å². The number of carbonyl (C=O) groups excluding carboxylic acids is 2. The van der Waals surface area contributed by atoms with Crippen LogP contribution in [0.5, 0.6) is 17.2 Å². The summed E-state index contributed by atoms with van der Waals surface area (Å²) < 4.78 is 44.0. The van der Waals surface area contributed by atoms with Gasteiger partial charge in [0.25, 0.3) is 15.9 Å². The van der Waals surface area contributed by atoms with E-state index in [1.165, 1.54) is 42.6 Å². The van der Waals surface area contributed by atoms with E-state index in [0.717, 1.165) is 0 Å². The highest BCUT2D eigenvalue weighted by Crippen LogP contribution is 2.29. The first-order valence-corrected chi connectivity index (χ1v) is 14.5. The lowest BCUT2D eigenvalue weighted by atomic mass is 10.2. The van der Waals surface area contributed by atoms with Gasteiger partial charge in [0, 0.05) is 11.3 Å². The number of anilines is 1. The number of nitrogens with one attached hydrogen (secondary N) is 2. The standard InChI is InChI=1S/C31H29N3O7S/c1-3-39-26-17-13-24(14-18-26)31(36)41-28-19-10-22(20-29(28)40-4-2)21-32-33-30(35)23-11-15-25(16-12-23)34-42(37,38)27-8-6-5-7-9-27/h5-21,34H,3-4H2,1-2H3,(H,33,35)/b32-21-. The number of hydrogen-bond donors (Lipinski definition) is 2. The summed E-state index contributed by atoms with van der Waals surface area (Å²) in [6.45, 7) is 4.54. The number of esters is 1. The van der Waals surface area contributed by atoms with Crippen LogP contribution in [0, 0.1) is 0 Å². The summed E-state index contributed by atoms with van der Waals surface area (Å²) in [7, 11) is -3.74. The normalized spacial score (nSPS) is 11.1. The minimum atomic E-state index is -3.74. The fraction of sp³-hybridized carbons (Fsp3) is 0.129. The second kappa shape index (κ2) is 14.0. The molecule has 0 aliphatic carbocycles. The maximum Gasteiger partial charge on any atom is 0.343 e. The molecule has 0 aliphatic heterocycles. The maximum atomic E-state index is 12.6. The number of nitrogens with zero attached hydrogens (tertiary/aromatic N) is 1. The Kier molecular flexibility index (Phi) is 9.90. The van der Waals surface area contributed by atoms with Gasteiger partial charge in [0.05, 0.1) is 29.9 Å². The van der Waals surface area contributed by atoms with Crippen molar-refractivity contribution < 1.29 is 32.2 Å². The van der Waals surface area contributed by atoms with Crippen molar-refractivity contribution in [1.29, 1.82) is 0 Å². The Bertz CT molecular complexity index is 1660. The zero-order valence-electron chi connectivity index (χ0n) is 22.9. The summed E-state index contributed by atoms with van der Waals surface area (Å²) in [5, 5.41) is 3.99. The van der Waals surface area contributed by atoms with Crippen LogP contribution in [0.15, 0.2) is 107 Å². The second-order valence-electron chi connectivity index (χ2n) is 8.68. The van der Waals surface area contributed by atoms with Crippen molar-refractivity contribution in [1.82, 2.24) is 5.43 Å². The quantitative estimate of drug-likeness (QED) is 0.0999. The fourth-order valence-corrected chi connectivity index (χ4v) is 4.78. The van der Waals surface area contributed by atoms with E-state index in [9.17, 15) is 18.0 Å². The lowest BCUT2D eigenvalue weighted by Gasteiger charge is -2.11. The lowest BCUT2D eigenvalue weighted by Crippen LogP contribution is -2.18. The van der Waals surface area contributed by atoms with Crippen molar-refractivity contribution in [2.45, 2.75) is 18.7 Å². The van der Waals surface area contributed by atoms with Gasteiger partial charge in [-0.05, 0) is 98.3 Å². The van der Waals surface area contributed by atoms with E-state index in [4.69, 9.17) is 14.2 Å². The molecule has 0 spiro atoms. The molecular weight excluding hydrogens is 558 g/mol.